The van der Waals surface area contributed by atoms with Crippen LogP contribution in [0, 0.1) is 0 Å². The molecule has 4 rings (SSSR count). The van der Waals surface area contributed by atoms with E-state index >= 15 is 0 Å². The average molecular weight is 461 g/mol. The quantitative estimate of drug-likeness (QED) is 0.471. The smallest absolute Gasteiger partial charge is 0.224 e. The Morgan fingerprint density at radius 2 is 1.44 bits per heavy atom. The van der Waals surface area contributed by atoms with Crippen molar-refractivity contribution in [3.63, 3.8) is 0 Å². The molecular weight excluding hydrogens is 428 g/mol. The SMILES string of the molecule is O=C(Cc1ccccc1)NCc1ccc(COc2ccc(OCCN3CCOCC3)cc2)cc1. The number of nitrogens with one attached hydrogen (secondary N) is 1. The second-order valence-corrected chi connectivity index (χ2v) is 8.32. The summed E-state index contributed by atoms with van der Waals surface area (Å²) in [5, 5.41) is 2.97. The van der Waals surface area contributed by atoms with E-state index in [2.05, 4.69) is 10.2 Å². The van der Waals surface area contributed by atoms with Gasteiger partial charge in [0, 0.05) is 26.2 Å². The maximum absolute atomic E-state index is 12.1. The van der Waals surface area contributed by atoms with Crippen molar-refractivity contribution in [2.45, 2.75) is 19.6 Å². The Balaban J connectivity index is 1.15. The molecule has 1 heterocycles. The highest BCUT2D eigenvalue weighted by Crippen LogP contribution is 2.19. The van der Waals surface area contributed by atoms with Crippen molar-refractivity contribution in [1.82, 2.24) is 10.2 Å². The number of carbonyl (C=O) groups excluding carboxylic acids is 1. The molecule has 1 fully saturated rings. The van der Waals surface area contributed by atoms with Crippen LogP contribution in [0.15, 0.2) is 78.9 Å². The summed E-state index contributed by atoms with van der Waals surface area (Å²) in [5.74, 6) is 1.67. The summed E-state index contributed by atoms with van der Waals surface area (Å²) >= 11 is 0. The predicted molar refractivity (Wildman–Crippen MR) is 132 cm³/mol. The lowest BCUT2D eigenvalue weighted by Crippen LogP contribution is -2.38. The van der Waals surface area contributed by atoms with Gasteiger partial charge in [0.1, 0.15) is 24.7 Å². The number of morpholine rings is 1. The fraction of sp³-hybridized carbons (Fsp3) is 0.321. The van der Waals surface area contributed by atoms with Crippen LogP contribution in [0.2, 0.25) is 0 Å². The standard InChI is InChI=1S/C28H32N2O4/c31-28(20-23-4-2-1-3-5-23)29-21-24-6-8-25(9-7-24)22-34-27-12-10-26(11-13-27)33-19-16-30-14-17-32-18-15-30/h1-13H,14-22H2,(H,29,31). The van der Waals surface area contributed by atoms with Gasteiger partial charge in [-0.2, -0.15) is 0 Å². The number of rotatable bonds is 11. The third kappa shape index (κ3) is 7.90. The van der Waals surface area contributed by atoms with E-state index in [4.69, 9.17) is 14.2 Å². The van der Waals surface area contributed by atoms with Gasteiger partial charge in [0.15, 0.2) is 0 Å². The number of carbonyl (C=O) groups is 1. The number of hydrogen-bond acceptors (Lipinski definition) is 5. The molecule has 3 aromatic rings. The van der Waals surface area contributed by atoms with Gasteiger partial charge in [-0.3, -0.25) is 9.69 Å². The monoisotopic (exact) mass is 460 g/mol. The van der Waals surface area contributed by atoms with Gasteiger partial charge in [-0.05, 0) is 41.0 Å². The highest BCUT2D eigenvalue weighted by molar-refractivity contribution is 5.78. The zero-order chi connectivity index (χ0) is 23.4. The minimum atomic E-state index is 0.0205. The van der Waals surface area contributed by atoms with Crippen molar-refractivity contribution in [3.05, 3.63) is 95.6 Å². The molecule has 6 heteroatoms. The fourth-order valence-electron chi connectivity index (χ4n) is 3.71. The lowest BCUT2D eigenvalue weighted by atomic mass is 10.1. The molecule has 0 unspecified atom stereocenters. The Kier molecular flexibility index (Phi) is 8.94. The minimum Gasteiger partial charge on any atom is -0.492 e. The van der Waals surface area contributed by atoms with Crippen molar-refractivity contribution in [2.75, 3.05) is 39.5 Å². The van der Waals surface area contributed by atoms with Crippen LogP contribution in [-0.2, 0) is 29.1 Å². The molecule has 1 amide bonds. The van der Waals surface area contributed by atoms with Gasteiger partial charge in [0.05, 0.1) is 19.6 Å². The maximum Gasteiger partial charge on any atom is 0.224 e. The summed E-state index contributed by atoms with van der Waals surface area (Å²) in [6.07, 6.45) is 0.393. The Morgan fingerprint density at radius 3 is 2.15 bits per heavy atom. The van der Waals surface area contributed by atoms with E-state index in [1.54, 1.807) is 0 Å². The molecule has 0 radical (unpaired) electrons. The molecule has 0 saturated carbocycles. The molecule has 34 heavy (non-hydrogen) atoms. The third-order valence-electron chi connectivity index (χ3n) is 5.73. The first-order valence-electron chi connectivity index (χ1n) is 11.8. The van der Waals surface area contributed by atoms with Crippen LogP contribution in [0.4, 0.5) is 0 Å². The van der Waals surface area contributed by atoms with Crippen LogP contribution in [0.1, 0.15) is 16.7 Å². The van der Waals surface area contributed by atoms with E-state index in [9.17, 15) is 4.79 Å². The van der Waals surface area contributed by atoms with Crippen molar-refractivity contribution in [1.29, 1.82) is 0 Å². The van der Waals surface area contributed by atoms with Gasteiger partial charge >= 0.3 is 0 Å². The first-order valence-corrected chi connectivity index (χ1v) is 11.8. The van der Waals surface area contributed by atoms with E-state index < -0.39 is 0 Å². The Labute approximate surface area is 201 Å². The number of nitrogens with zero attached hydrogens (tertiary/aromatic N) is 1. The van der Waals surface area contributed by atoms with E-state index in [-0.39, 0.29) is 5.91 Å². The zero-order valence-corrected chi connectivity index (χ0v) is 19.4. The normalized spacial score (nSPS) is 13.9. The summed E-state index contributed by atoms with van der Waals surface area (Å²) in [7, 11) is 0. The molecule has 1 N–H and O–H groups in total. The summed E-state index contributed by atoms with van der Waals surface area (Å²) in [5.41, 5.74) is 3.15. The largest absolute Gasteiger partial charge is 0.492 e. The number of amides is 1. The highest BCUT2D eigenvalue weighted by Gasteiger charge is 2.09. The second kappa shape index (κ2) is 12.8. The molecule has 1 saturated heterocycles. The highest BCUT2D eigenvalue weighted by atomic mass is 16.5. The number of benzene rings is 3. The molecule has 0 atom stereocenters. The number of hydrogen-bond donors (Lipinski definition) is 1. The van der Waals surface area contributed by atoms with E-state index in [1.165, 1.54) is 0 Å². The van der Waals surface area contributed by atoms with Crippen LogP contribution in [-0.4, -0.2) is 50.3 Å². The Hall–Kier alpha value is -3.35. The van der Waals surface area contributed by atoms with Gasteiger partial charge in [-0.25, -0.2) is 0 Å². The zero-order valence-electron chi connectivity index (χ0n) is 19.4. The van der Waals surface area contributed by atoms with E-state index in [0.717, 1.165) is 61.0 Å². The second-order valence-electron chi connectivity index (χ2n) is 8.32. The molecule has 0 aliphatic carbocycles. The predicted octanol–water partition coefficient (Wildman–Crippen LogP) is 3.84. The summed E-state index contributed by atoms with van der Waals surface area (Å²) < 4.78 is 17.1. The van der Waals surface area contributed by atoms with Crippen molar-refractivity contribution >= 4 is 5.91 Å². The van der Waals surface area contributed by atoms with Crippen molar-refractivity contribution in [3.8, 4) is 11.5 Å². The molecule has 0 spiro atoms. The lowest BCUT2D eigenvalue weighted by molar-refractivity contribution is -0.120. The Bertz CT molecular complexity index is 1000. The fourth-order valence-corrected chi connectivity index (χ4v) is 3.71. The summed E-state index contributed by atoms with van der Waals surface area (Å²) in [6, 6.07) is 25.6. The van der Waals surface area contributed by atoms with Crippen molar-refractivity contribution in [2.24, 2.45) is 0 Å². The average Bonchev–Trinajstić information content (AvgIpc) is 2.89. The van der Waals surface area contributed by atoms with Crippen LogP contribution in [0.5, 0.6) is 11.5 Å². The molecule has 0 bridgehead atoms. The Morgan fingerprint density at radius 1 is 0.794 bits per heavy atom. The van der Waals surface area contributed by atoms with Gasteiger partial charge in [0.2, 0.25) is 5.91 Å². The maximum atomic E-state index is 12.1. The first kappa shape index (κ1) is 23.8. The van der Waals surface area contributed by atoms with Crippen molar-refractivity contribution < 1.29 is 19.0 Å². The molecule has 0 aromatic heterocycles. The van der Waals surface area contributed by atoms with Gasteiger partial charge in [0.25, 0.3) is 0 Å². The lowest BCUT2D eigenvalue weighted by Gasteiger charge is -2.26. The molecule has 6 nitrogen and oxygen atoms in total. The van der Waals surface area contributed by atoms with Crippen LogP contribution in [0.3, 0.4) is 0 Å². The topological polar surface area (TPSA) is 60.0 Å². The van der Waals surface area contributed by atoms with Gasteiger partial charge in [-0.1, -0.05) is 54.6 Å². The number of ether oxygens (including phenoxy) is 3. The molecule has 1 aliphatic heterocycles. The molecule has 3 aromatic carbocycles. The minimum absolute atomic E-state index is 0.0205. The van der Waals surface area contributed by atoms with E-state index in [1.807, 2.05) is 78.9 Å². The van der Waals surface area contributed by atoms with Gasteiger partial charge < -0.3 is 19.5 Å². The van der Waals surface area contributed by atoms with Crippen LogP contribution in [0.25, 0.3) is 0 Å². The molecule has 178 valence electrons. The van der Waals surface area contributed by atoms with Crippen LogP contribution < -0.4 is 14.8 Å². The van der Waals surface area contributed by atoms with Gasteiger partial charge in [-0.15, -0.1) is 0 Å². The molecule has 1 aliphatic rings. The third-order valence-corrected chi connectivity index (χ3v) is 5.73. The van der Waals surface area contributed by atoms with E-state index in [0.29, 0.717) is 26.2 Å². The van der Waals surface area contributed by atoms with Crippen LogP contribution >= 0.6 is 0 Å². The first-order chi connectivity index (χ1) is 16.7. The summed E-state index contributed by atoms with van der Waals surface area (Å²) in [6.45, 7) is 6.13. The molecular formula is C28H32N2O4. The summed E-state index contributed by atoms with van der Waals surface area (Å²) in [4.78, 5) is 14.5.